The maximum Gasteiger partial charge on any atom is 0.411 e. The van der Waals surface area contributed by atoms with Gasteiger partial charge < -0.3 is 4.74 Å². The number of nitrogens with zero attached hydrogens (tertiary/aromatic N) is 1. The summed E-state index contributed by atoms with van der Waals surface area (Å²) < 4.78 is 5.45. The number of hydrogen-bond acceptors (Lipinski definition) is 3. The molecule has 0 aliphatic carbocycles. The van der Waals surface area contributed by atoms with Gasteiger partial charge in [-0.3, -0.25) is 4.90 Å². The summed E-state index contributed by atoms with van der Waals surface area (Å²) in [7, 11) is 0. The van der Waals surface area contributed by atoms with Crippen LogP contribution in [0.2, 0.25) is 0 Å². The normalized spacial score (nSPS) is 26.9. The largest absolute Gasteiger partial charge is 0.439 e. The Morgan fingerprint density at radius 3 is 2.94 bits per heavy atom. The second kappa shape index (κ2) is 4.45. The molecule has 4 heteroatoms. The number of thiophene rings is 1. The van der Waals surface area contributed by atoms with Gasteiger partial charge in [0, 0.05) is 11.6 Å². The van der Waals surface area contributed by atoms with Crippen LogP contribution < -0.4 is 0 Å². The number of hydrogen-bond donors (Lipinski definition) is 0. The highest BCUT2D eigenvalue weighted by molar-refractivity contribution is 7.07. The van der Waals surface area contributed by atoms with E-state index in [9.17, 15) is 4.79 Å². The van der Waals surface area contributed by atoms with E-state index in [0.717, 1.165) is 12.0 Å². The molecular weight excluding hydrogens is 222 g/mol. The quantitative estimate of drug-likeness (QED) is 0.808. The van der Waals surface area contributed by atoms with Crippen molar-refractivity contribution in [3.8, 4) is 0 Å². The molecule has 1 fully saturated rings. The molecule has 1 saturated heterocycles. The predicted molar refractivity (Wildman–Crippen MR) is 64.6 cm³/mol. The van der Waals surface area contributed by atoms with Crippen LogP contribution in [0.25, 0.3) is 0 Å². The fourth-order valence-electron chi connectivity index (χ4n) is 2.14. The number of cyclic esters (lactones) is 1. The van der Waals surface area contributed by atoms with E-state index in [4.69, 9.17) is 4.74 Å². The second-order valence-corrected chi connectivity index (χ2v) is 5.05. The van der Waals surface area contributed by atoms with Crippen molar-refractivity contribution >= 4 is 17.4 Å². The molecule has 88 valence electrons. The Bertz CT molecular complexity index is 363. The minimum Gasteiger partial charge on any atom is -0.439 e. The van der Waals surface area contributed by atoms with E-state index in [2.05, 4.69) is 26.2 Å². The van der Waals surface area contributed by atoms with Crippen LogP contribution in [0.5, 0.6) is 0 Å². The maximum absolute atomic E-state index is 11.8. The van der Waals surface area contributed by atoms with E-state index in [1.807, 2.05) is 16.3 Å². The second-order valence-electron chi connectivity index (χ2n) is 4.27. The van der Waals surface area contributed by atoms with Crippen LogP contribution >= 0.6 is 11.3 Å². The highest BCUT2D eigenvalue weighted by Gasteiger charge is 2.41. The Labute approximate surface area is 100 Å². The molecule has 2 rings (SSSR count). The molecule has 1 unspecified atom stereocenters. The summed E-state index contributed by atoms with van der Waals surface area (Å²) in [5.41, 5.74) is 1.11. The van der Waals surface area contributed by atoms with Gasteiger partial charge in [-0.1, -0.05) is 6.92 Å². The first-order chi connectivity index (χ1) is 7.65. The van der Waals surface area contributed by atoms with Gasteiger partial charge in [-0.05, 0) is 37.1 Å². The molecule has 1 aromatic heterocycles. The van der Waals surface area contributed by atoms with Gasteiger partial charge in [0.2, 0.25) is 0 Å². The molecule has 0 saturated carbocycles. The summed E-state index contributed by atoms with van der Waals surface area (Å²) in [5.74, 6) is 0. The molecule has 3 nitrogen and oxygen atoms in total. The Hall–Kier alpha value is -1.03. The average Bonchev–Trinajstić information content (AvgIpc) is 2.86. The maximum atomic E-state index is 11.8. The monoisotopic (exact) mass is 239 g/mol. The van der Waals surface area contributed by atoms with Gasteiger partial charge in [0.15, 0.2) is 0 Å². The van der Waals surface area contributed by atoms with Crippen LogP contribution in [0.4, 0.5) is 4.79 Å². The molecule has 3 atom stereocenters. The fourth-order valence-corrected chi connectivity index (χ4v) is 2.83. The number of carbonyl (C=O) groups is 1. The lowest BCUT2D eigenvalue weighted by Crippen LogP contribution is -2.39. The van der Waals surface area contributed by atoms with Crippen LogP contribution in [0, 0.1) is 0 Å². The minimum absolute atomic E-state index is 0.104. The van der Waals surface area contributed by atoms with Gasteiger partial charge in [0.05, 0.1) is 6.04 Å². The third kappa shape index (κ3) is 1.82. The molecule has 1 amide bonds. The Morgan fingerprint density at radius 1 is 1.62 bits per heavy atom. The number of carbonyl (C=O) groups excluding carboxylic acids is 1. The molecule has 1 aliphatic rings. The lowest BCUT2D eigenvalue weighted by atomic mass is 10.1. The van der Waals surface area contributed by atoms with Crippen LogP contribution in [-0.2, 0) is 4.74 Å². The number of rotatable bonds is 3. The first kappa shape index (κ1) is 11.5. The standard InChI is InChI=1S/C12H17NO2S/c1-4-8(2)13-9(3)11(15-12(13)14)10-5-6-16-7-10/h5-9,11H,4H2,1-3H3/t8?,9-,11-/m0/s1. The molecule has 1 aliphatic heterocycles. The predicted octanol–water partition coefficient (Wildman–Crippen LogP) is 3.43. The van der Waals surface area contributed by atoms with Gasteiger partial charge in [0.25, 0.3) is 0 Å². The molecule has 16 heavy (non-hydrogen) atoms. The molecule has 0 N–H and O–H groups in total. The lowest BCUT2D eigenvalue weighted by molar-refractivity contribution is 0.128. The first-order valence-corrected chi connectivity index (χ1v) is 6.60. The zero-order valence-electron chi connectivity index (χ0n) is 9.84. The smallest absolute Gasteiger partial charge is 0.411 e. The molecule has 0 radical (unpaired) electrons. The minimum atomic E-state index is -0.182. The van der Waals surface area contributed by atoms with Crippen LogP contribution in [0.15, 0.2) is 16.8 Å². The molecule has 0 bridgehead atoms. The van der Waals surface area contributed by atoms with Crippen molar-refractivity contribution in [1.29, 1.82) is 0 Å². The highest BCUT2D eigenvalue weighted by Crippen LogP contribution is 2.34. The summed E-state index contributed by atoms with van der Waals surface area (Å²) in [5, 5.41) is 4.07. The van der Waals surface area contributed by atoms with Crippen molar-refractivity contribution < 1.29 is 9.53 Å². The van der Waals surface area contributed by atoms with Crippen molar-refractivity contribution in [2.24, 2.45) is 0 Å². The van der Waals surface area contributed by atoms with Gasteiger partial charge in [-0.15, -0.1) is 0 Å². The van der Waals surface area contributed by atoms with E-state index in [-0.39, 0.29) is 24.3 Å². The van der Waals surface area contributed by atoms with Crippen LogP contribution in [-0.4, -0.2) is 23.1 Å². The van der Waals surface area contributed by atoms with E-state index in [0.29, 0.717) is 0 Å². The SMILES string of the molecule is CCC(C)N1C(=O)O[C@H](c2ccsc2)[C@@H]1C. The summed E-state index contributed by atoms with van der Waals surface area (Å²) >= 11 is 1.64. The summed E-state index contributed by atoms with van der Waals surface area (Å²) in [6, 6.07) is 2.39. The topological polar surface area (TPSA) is 29.5 Å². The lowest BCUT2D eigenvalue weighted by Gasteiger charge is -2.26. The Morgan fingerprint density at radius 2 is 2.38 bits per heavy atom. The fraction of sp³-hybridized carbons (Fsp3) is 0.583. The van der Waals surface area contributed by atoms with Crippen molar-refractivity contribution in [3.63, 3.8) is 0 Å². The van der Waals surface area contributed by atoms with Crippen molar-refractivity contribution in [2.75, 3.05) is 0 Å². The van der Waals surface area contributed by atoms with E-state index >= 15 is 0 Å². The Kier molecular flexibility index (Phi) is 3.19. The van der Waals surface area contributed by atoms with Gasteiger partial charge in [-0.25, -0.2) is 4.79 Å². The summed E-state index contributed by atoms with van der Waals surface area (Å²) in [6.45, 7) is 6.20. The summed E-state index contributed by atoms with van der Waals surface area (Å²) in [4.78, 5) is 13.6. The zero-order chi connectivity index (χ0) is 11.7. The van der Waals surface area contributed by atoms with Crippen molar-refractivity contribution in [1.82, 2.24) is 4.90 Å². The van der Waals surface area contributed by atoms with Gasteiger partial charge >= 0.3 is 6.09 Å². The van der Waals surface area contributed by atoms with Gasteiger partial charge in [-0.2, -0.15) is 11.3 Å². The third-order valence-corrected chi connectivity index (χ3v) is 3.95. The third-order valence-electron chi connectivity index (χ3n) is 3.25. The van der Waals surface area contributed by atoms with Crippen LogP contribution in [0.3, 0.4) is 0 Å². The van der Waals surface area contributed by atoms with Crippen molar-refractivity contribution in [2.45, 2.75) is 45.4 Å². The number of amides is 1. The molecular formula is C12H17NO2S. The van der Waals surface area contributed by atoms with Crippen molar-refractivity contribution in [3.05, 3.63) is 22.4 Å². The molecule has 1 aromatic rings. The molecule has 0 aromatic carbocycles. The Balaban J connectivity index is 2.19. The molecule has 0 spiro atoms. The average molecular weight is 239 g/mol. The van der Waals surface area contributed by atoms with E-state index in [1.165, 1.54) is 0 Å². The highest BCUT2D eigenvalue weighted by atomic mass is 32.1. The van der Waals surface area contributed by atoms with Crippen LogP contribution in [0.1, 0.15) is 38.9 Å². The van der Waals surface area contributed by atoms with Gasteiger partial charge in [0.1, 0.15) is 6.10 Å². The molecule has 2 heterocycles. The van der Waals surface area contributed by atoms with E-state index in [1.54, 1.807) is 11.3 Å². The zero-order valence-corrected chi connectivity index (χ0v) is 10.7. The van der Waals surface area contributed by atoms with E-state index < -0.39 is 0 Å². The first-order valence-electron chi connectivity index (χ1n) is 5.66. The number of ether oxygens (including phenoxy) is 1. The summed E-state index contributed by atoms with van der Waals surface area (Å²) in [6.07, 6.45) is 0.668.